The molecule has 1 aliphatic rings. The van der Waals surface area contributed by atoms with Gasteiger partial charge in [-0.3, -0.25) is 14.4 Å². The molecule has 3 N–H and O–H groups in total. The average molecular weight is 1170 g/mol. The largest absolute Gasteiger partial charge is 0.479 e. The zero-order valence-electron chi connectivity index (χ0n) is 52.9. The Bertz CT molecular complexity index is 1720. The Kier molecular flexibility index (Phi) is 54.4. The van der Waals surface area contributed by atoms with Gasteiger partial charge in [0.25, 0.3) is 0 Å². The van der Waals surface area contributed by atoms with Crippen LogP contribution in [0.25, 0.3) is 0 Å². The molecule has 478 valence electrons. The van der Waals surface area contributed by atoms with Crippen molar-refractivity contribution in [2.75, 3.05) is 13.2 Å². The van der Waals surface area contributed by atoms with Crippen LogP contribution < -0.4 is 0 Å². The number of rotatable bonds is 58. The summed E-state index contributed by atoms with van der Waals surface area (Å²) < 4.78 is 28.6. The van der Waals surface area contributed by atoms with Crippen LogP contribution in [0.15, 0.2) is 72.9 Å². The number of ether oxygens (including phenoxy) is 5. The second kappa shape index (κ2) is 58.5. The molecular formula is C71H122O12. The second-order valence-corrected chi connectivity index (χ2v) is 23.1. The van der Waals surface area contributed by atoms with Crippen LogP contribution in [0.3, 0.4) is 0 Å². The number of hydrogen-bond donors (Lipinski definition) is 3. The van der Waals surface area contributed by atoms with Gasteiger partial charge in [-0.05, 0) is 89.9 Å². The molecule has 6 unspecified atom stereocenters. The predicted molar refractivity (Wildman–Crippen MR) is 340 cm³/mol. The maximum Gasteiger partial charge on any atom is 0.335 e. The van der Waals surface area contributed by atoms with Gasteiger partial charge in [-0.2, -0.15) is 0 Å². The molecule has 0 aliphatic carbocycles. The van der Waals surface area contributed by atoms with Gasteiger partial charge in [0.05, 0.1) is 6.61 Å². The lowest BCUT2D eigenvalue weighted by atomic mass is 9.98. The number of unbranched alkanes of at least 4 members (excludes halogenated alkanes) is 32. The van der Waals surface area contributed by atoms with Crippen molar-refractivity contribution in [2.45, 2.75) is 340 Å². The molecule has 1 heterocycles. The van der Waals surface area contributed by atoms with Gasteiger partial charge in [0, 0.05) is 19.3 Å². The molecule has 6 atom stereocenters. The third-order valence-electron chi connectivity index (χ3n) is 15.3. The standard InChI is InChI=1S/C71H122O12/c1-4-7-10-13-16-19-22-25-28-30-32-34-37-39-42-45-48-51-54-57-63(72)79-60-62(81-64(73)58-55-52-49-46-43-40-36-27-24-21-18-15-12-9-6-3)61-80-71-69(67(76)66(75)68(83-71)70(77)78)82-65(74)59-56-53-50-47-44-41-38-35-33-31-29-26-23-20-17-14-11-8-5-2/h8,11,16-17,19-20,25-26,28-29,33,35,62,66-69,71,75-76H,4-7,9-10,12-15,18,21-24,27,30-32,34,36-61H2,1-3H3,(H,77,78)/b11-8-,19-16-,20-17-,28-25-,29-26-,35-33-. The minimum atomic E-state index is -1.91. The van der Waals surface area contributed by atoms with Crippen LogP contribution >= 0.6 is 0 Å². The maximum absolute atomic E-state index is 13.2. The molecule has 1 aliphatic heterocycles. The van der Waals surface area contributed by atoms with Crippen molar-refractivity contribution in [1.82, 2.24) is 0 Å². The summed E-state index contributed by atoms with van der Waals surface area (Å²) in [6.45, 7) is 5.89. The fourth-order valence-corrected chi connectivity index (χ4v) is 10.1. The molecule has 0 bridgehead atoms. The Morgan fingerprint density at radius 3 is 1.18 bits per heavy atom. The fraction of sp³-hybridized carbons (Fsp3) is 0.775. The van der Waals surface area contributed by atoms with Gasteiger partial charge >= 0.3 is 23.9 Å². The monoisotopic (exact) mass is 1170 g/mol. The Morgan fingerprint density at radius 2 is 0.759 bits per heavy atom. The summed E-state index contributed by atoms with van der Waals surface area (Å²) in [6, 6.07) is 0. The number of aliphatic carboxylic acids is 1. The maximum atomic E-state index is 13.2. The van der Waals surface area contributed by atoms with E-state index in [2.05, 4.69) is 93.7 Å². The van der Waals surface area contributed by atoms with Crippen LogP contribution in [0, 0.1) is 0 Å². The molecule has 0 aromatic heterocycles. The number of carbonyl (C=O) groups excluding carboxylic acids is 3. The molecule has 1 rings (SSSR count). The highest BCUT2D eigenvalue weighted by atomic mass is 16.7. The molecule has 0 saturated carbocycles. The van der Waals surface area contributed by atoms with E-state index in [9.17, 15) is 34.5 Å². The normalized spacial score (nSPS) is 18.0. The van der Waals surface area contributed by atoms with Crippen LogP contribution in [-0.2, 0) is 42.9 Å². The first kappa shape index (κ1) is 77.2. The number of esters is 3. The second-order valence-electron chi connectivity index (χ2n) is 23.1. The Morgan fingerprint density at radius 1 is 0.410 bits per heavy atom. The van der Waals surface area contributed by atoms with Gasteiger partial charge in [-0.15, -0.1) is 0 Å². The summed E-state index contributed by atoms with van der Waals surface area (Å²) >= 11 is 0. The Balaban J connectivity index is 2.64. The summed E-state index contributed by atoms with van der Waals surface area (Å²) in [7, 11) is 0. The Labute approximate surface area is 506 Å². The summed E-state index contributed by atoms with van der Waals surface area (Å²) in [5, 5.41) is 31.6. The number of carboxylic acid groups (broad SMARTS) is 1. The summed E-state index contributed by atoms with van der Waals surface area (Å²) in [5.74, 6) is -3.12. The summed E-state index contributed by atoms with van der Waals surface area (Å²) in [6.07, 6.45) is 62.8. The first-order chi connectivity index (χ1) is 40.6. The highest BCUT2D eigenvalue weighted by molar-refractivity contribution is 5.74. The zero-order valence-corrected chi connectivity index (χ0v) is 52.9. The first-order valence-corrected chi connectivity index (χ1v) is 33.9. The number of aliphatic hydroxyl groups excluding tert-OH is 2. The molecule has 0 radical (unpaired) electrons. The average Bonchev–Trinajstić information content (AvgIpc) is 3.60. The number of allylic oxidation sites excluding steroid dienone is 12. The van der Waals surface area contributed by atoms with E-state index in [0.29, 0.717) is 19.3 Å². The van der Waals surface area contributed by atoms with E-state index in [1.165, 1.54) is 128 Å². The third-order valence-corrected chi connectivity index (χ3v) is 15.3. The SMILES string of the molecule is CC/C=C\C/C=C\C/C=C\C/C=C\CCCCCCCCC(=O)OC1C(OCC(COC(=O)CCCCCCCCCCC/C=C\C/C=C\CCCCC)OC(=O)CCCCCCCCCCCCCCCCC)OC(C(=O)O)C(O)C1O. The highest BCUT2D eigenvalue weighted by Gasteiger charge is 2.50. The molecule has 1 saturated heterocycles. The minimum Gasteiger partial charge on any atom is -0.479 e. The van der Waals surface area contributed by atoms with Crippen molar-refractivity contribution < 1.29 is 58.2 Å². The topological polar surface area (TPSA) is 175 Å². The summed E-state index contributed by atoms with van der Waals surface area (Å²) in [5.41, 5.74) is 0. The molecule has 12 nitrogen and oxygen atoms in total. The molecular weight excluding hydrogens is 1040 g/mol. The van der Waals surface area contributed by atoms with Gasteiger partial charge in [0.1, 0.15) is 18.8 Å². The number of hydrogen-bond acceptors (Lipinski definition) is 11. The summed E-state index contributed by atoms with van der Waals surface area (Å²) in [4.78, 5) is 51.4. The van der Waals surface area contributed by atoms with Gasteiger partial charge in [-0.25, -0.2) is 4.79 Å². The first-order valence-electron chi connectivity index (χ1n) is 33.9. The smallest absolute Gasteiger partial charge is 0.335 e. The van der Waals surface area contributed by atoms with Crippen molar-refractivity contribution in [3.05, 3.63) is 72.9 Å². The van der Waals surface area contributed by atoms with Gasteiger partial charge in [0.2, 0.25) is 0 Å². The lowest BCUT2D eigenvalue weighted by Gasteiger charge is -2.40. The van der Waals surface area contributed by atoms with Gasteiger partial charge < -0.3 is 39.0 Å². The molecule has 0 spiro atoms. The molecule has 1 fully saturated rings. The number of carbonyl (C=O) groups is 4. The number of carboxylic acids is 1. The van der Waals surface area contributed by atoms with E-state index >= 15 is 0 Å². The van der Waals surface area contributed by atoms with Crippen molar-refractivity contribution >= 4 is 23.9 Å². The third kappa shape index (κ3) is 48.0. The Hall–Kier alpha value is -3.84. The molecule has 0 amide bonds. The van der Waals surface area contributed by atoms with Crippen molar-refractivity contribution in [3.63, 3.8) is 0 Å². The highest BCUT2D eigenvalue weighted by Crippen LogP contribution is 2.27. The van der Waals surface area contributed by atoms with E-state index in [1.807, 2.05) is 0 Å². The van der Waals surface area contributed by atoms with Crippen molar-refractivity contribution in [3.8, 4) is 0 Å². The zero-order chi connectivity index (χ0) is 60.3. The fourth-order valence-electron chi connectivity index (χ4n) is 10.1. The lowest BCUT2D eigenvalue weighted by Crippen LogP contribution is -2.61. The van der Waals surface area contributed by atoms with Crippen LogP contribution in [-0.4, -0.2) is 89.2 Å². The van der Waals surface area contributed by atoms with Gasteiger partial charge in [0.15, 0.2) is 24.6 Å². The molecule has 0 aromatic rings. The van der Waals surface area contributed by atoms with E-state index < -0.39 is 67.3 Å². The van der Waals surface area contributed by atoms with E-state index in [-0.39, 0.29) is 25.9 Å². The van der Waals surface area contributed by atoms with Crippen LogP contribution in [0.4, 0.5) is 0 Å². The van der Waals surface area contributed by atoms with Crippen LogP contribution in [0.2, 0.25) is 0 Å². The van der Waals surface area contributed by atoms with E-state index in [1.54, 1.807) is 0 Å². The lowest BCUT2D eigenvalue weighted by molar-refractivity contribution is -0.301. The van der Waals surface area contributed by atoms with E-state index in [4.69, 9.17) is 23.7 Å². The van der Waals surface area contributed by atoms with Crippen molar-refractivity contribution in [1.29, 1.82) is 0 Å². The minimum absolute atomic E-state index is 0.0437. The quantitative estimate of drug-likeness (QED) is 0.0228. The predicted octanol–water partition coefficient (Wildman–Crippen LogP) is 18.5. The van der Waals surface area contributed by atoms with E-state index in [0.717, 1.165) is 116 Å². The van der Waals surface area contributed by atoms with Crippen molar-refractivity contribution in [2.24, 2.45) is 0 Å². The molecule has 12 heteroatoms. The number of aliphatic hydroxyl groups is 2. The van der Waals surface area contributed by atoms with Crippen LogP contribution in [0.5, 0.6) is 0 Å². The molecule has 0 aromatic carbocycles. The molecule has 83 heavy (non-hydrogen) atoms. The van der Waals surface area contributed by atoms with Crippen LogP contribution in [0.1, 0.15) is 303 Å². The van der Waals surface area contributed by atoms with Gasteiger partial charge in [-0.1, -0.05) is 267 Å².